The molecule has 0 fully saturated rings. The van der Waals surface area contributed by atoms with E-state index >= 15 is 0 Å². The number of likely N-dealkylation sites (N-methyl/N-ethyl adjacent to an activating group) is 1. The van der Waals surface area contributed by atoms with Gasteiger partial charge in [0.2, 0.25) is 0 Å². The van der Waals surface area contributed by atoms with Gasteiger partial charge in [0.25, 0.3) is 0 Å². The van der Waals surface area contributed by atoms with Crippen LogP contribution in [-0.4, -0.2) is 33.8 Å². The van der Waals surface area contributed by atoms with Gasteiger partial charge in [-0.25, -0.2) is 9.97 Å². The van der Waals surface area contributed by atoms with E-state index in [2.05, 4.69) is 9.97 Å². The third-order valence-electron chi connectivity index (χ3n) is 3.00. The molecule has 0 radical (unpaired) electrons. The van der Waals surface area contributed by atoms with Gasteiger partial charge in [0, 0.05) is 24.7 Å². The van der Waals surface area contributed by atoms with E-state index < -0.39 is 5.60 Å². The maximum absolute atomic E-state index is 10.0. The minimum absolute atomic E-state index is 0.396. The summed E-state index contributed by atoms with van der Waals surface area (Å²) in [6, 6.07) is 11.4. The third kappa shape index (κ3) is 4.41. The number of aromatic nitrogens is 2. The van der Waals surface area contributed by atoms with Gasteiger partial charge in [-0.2, -0.15) is 0 Å². The van der Waals surface area contributed by atoms with Crippen LogP contribution >= 0.6 is 11.6 Å². The van der Waals surface area contributed by atoms with Crippen molar-refractivity contribution in [3.8, 4) is 11.4 Å². The summed E-state index contributed by atoms with van der Waals surface area (Å²) in [5, 5.41) is 10.4. The zero-order valence-corrected chi connectivity index (χ0v) is 13.3. The highest BCUT2D eigenvalue weighted by molar-refractivity contribution is 6.29. The van der Waals surface area contributed by atoms with Gasteiger partial charge in [-0.3, -0.25) is 0 Å². The zero-order chi connectivity index (χ0) is 15.5. The number of benzene rings is 1. The predicted octanol–water partition coefficient (Wildman–Crippen LogP) is 3.39. The molecule has 5 heteroatoms. The van der Waals surface area contributed by atoms with Crippen molar-refractivity contribution in [2.24, 2.45) is 0 Å². The smallest absolute Gasteiger partial charge is 0.163 e. The van der Waals surface area contributed by atoms with Gasteiger partial charge in [-0.05, 0) is 20.8 Å². The van der Waals surface area contributed by atoms with Crippen molar-refractivity contribution in [3.63, 3.8) is 0 Å². The van der Waals surface area contributed by atoms with E-state index in [0.717, 1.165) is 17.9 Å². The predicted molar refractivity (Wildman–Crippen MR) is 86.7 cm³/mol. The first kappa shape index (κ1) is 15.7. The number of hydrogen-bond donors (Lipinski definition) is 1. The SMILES string of the molecule is CCN(CC(C)(C)O)c1cc(Cl)nc(-c2ccccc2)n1. The van der Waals surface area contributed by atoms with Crippen molar-refractivity contribution < 1.29 is 5.11 Å². The minimum Gasteiger partial charge on any atom is -0.389 e. The van der Waals surface area contributed by atoms with E-state index in [4.69, 9.17) is 11.6 Å². The summed E-state index contributed by atoms with van der Waals surface area (Å²) in [7, 11) is 0. The number of nitrogens with zero attached hydrogens (tertiary/aromatic N) is 3. The van der Waals surface area contributed by atoms with Crippen molar-refractivity contribution in [2.45, 2.75) is 26.4 Å². The second kappa shape index (κ2) is 6.41. The lowest BCUT2D eigenvalue weighted by Gasteiger charge is -2.29. The summed E-state index contributed by atoms with van der Waals surface area (Å²) in [6.07, 6.45) is 0. The van der Waals surface area contributed by atoms with Crippen molar-refractivity contribution in [1.29, 1.82) is 0 Å². The Labute approximate surface area is 130 Å². The highest BCUT2D eigenvalue weighted by Crippen LogP contribution is 2.23. The van der Waals surface area contributed by atoms with Crippen LogP contribution in [0.3, 0.4) is 0 Å². The van der Waals surface area contributed by atoms with Gasteiger partial charge in [0.15, 0.2) is 5.82 Å². The van der Waals surface area contributed by atoms with Crippen LogP contribution in [0.25, 0.3) is 11.4 Å². The molecule has 1 heterocycles. The van der Waals surface area contributed by atoms with Crippen LogP contribution in [0.5, 0.6) is 0 Å². The fraction of sp³-hybridized carbons (Fsp3) is 0.375. The van der Waals surface area contributed by atoms with Gasteiger partial charge in [-0.1, -0.05) is 41.9 Å². The van der Waals surface area contributed by atoms with Crippen LogP contribution in [0.15, 0.2) is 36.4 Å². The number of anilines is 1. The molecule has 0 amide bonds. The first-order chi connectivity index (χ1) is 9.89. The maximum atomic E-state index is 10.0. The summed E-state index contributed by atoms with van der Waals surface area (Å²) < 4.78 is 0. The van der Waals surface area contributed by atoms with Gasteiger partial charge >= 0.3 is 0 Å². The van der Waals surface area contributed by atoms with Crippen molar-refractivity contribution >= 4 is 17.4 Å². The monoisotopic (exact) mass is 305 g/mol. The normalized spacial score (nSPS) is 11.5. The van der Waals surface area contributed by atoms with E-state index in [1.165, 1.54) is 0 Å². The first-order valence-corrected chi connectivity index (χ1v) is 7.34. The lowest BCUT2D eigenvalue weighted by atomic mass is 10.1. The van der Waals surface area contributed by atoms with Crippen molar-refractivity contribution in [1.82, 2.24) is 9.97 Å². The van der Waals surface area contributed by atoms with Gasteiger partial charge in [0.1, 0.15) is 11.0 Å². The molecule has 0 unspecified atom stereocenters. The van der Waals surface area contributed by atoms with Crippen LogP contribution in [0.1, 0.15) is 20.8 Å². The standard InChI is InChI=1S/C16H20ClN3O/c1-4-20(11-16(2,3)21)14-10-13(17)18-15(19-14)12-8-6-5-7-9-12/h5-10,21H,4,11H2,1-3H3. The molecule has 0 aliphatic carbocycles. The van der Waals surface area contributed by atoms with Crippen LogP contribution in [0.2, 0.25) is 5.15 Å². The number of aliphatic hydroxyl groups is 1. The quantitative estimate of drug-likeness (QED) is 0.860. The Kier molecular flexibility index (Phi) is 4.80. The molecule has 112 valence electrons. The summed E-state index contributed by atoms with van der Waals surface area (Å²) >= 11 is 6.13. The summed E-state index contributed by atoms with van der Waals surface area (Å²) in [5.41, 5.74) is 0.112. The van der Waals surface area contributed by atoms with Crippen LogP contribution < -0.4 is 4.90 Å². The minimum atomic E-state index is -0.805. The Morgan fingerprint density at radius 3 is 2.43 bits per heavy atom. The Morgan fingerprint density at radius 2 is 1.86 bits per heavy atom. The fourth-order valence-corrected chi connectivity index (χ4v) is 2.28. The molecule has 1 N–H and O–H groups in total. The second-order valence-electron chi connectivity index (χ2n) is 5.57. The molecule has 0 aliphatic heterocycles. The van der Waals surface area contributed by atoms with Crippen LogP contribution in [-0.2, 0) is 0 Å². The Bertz CT molecular complexity index is 596. The zero-order valence-electron chi connectivity index (χ0n) is 12.5. The molecular formula is C16H20ClN3O. The first-order valence-electron chi connectivity index (χ1n) is 6.96. The summed E-state index contributed by atoms with van der Waals surface area (Å²) in [5.74, 6) is 1.31. The second-order valence-corrected chi connectivity index (χ2v) is 5.95. The van der Waals surface area contributed by atoms with Gasteiger partial charge < -0.3 is 10.0 Å². The molecule has 0 atom stereocenters. The van der Waals surface area contributed by atoms with E-state index in [9.17, 15) is 5.11 Å². The van der Waals surface area contributed by atoms with E-state index in [0.29, 0.717) is 17.5 Å². The average molecular weight is 306 g/mol. The lowest BCUT2D eigenvalue weighted by molar-refractivity contribution is 0.0874. The molecule has 2 rings (SSSR count). The summed E-state index contributed by atoms with van der Waals surface area (Å²) in [4.78, 5) is 10.8. The Balaban J connectivity index is 2.38. The molecule has 0 aliphatic rings. The van der Waals surface area contributed by atoms with Gasteiger partial charge in [0.05, 0.1) is 5.60 Å². The van der Waals surface area contributed by atoms with E-state index in [-0.39, 0.29) is 0 Å². The molecule has 0 spiro atoms. The lowest BCUT2D eigenvalue weighted by Crippen LogP contribution is -2.39. The number of hydrogen-bond acceptors (Lipinski definition) is 4. The third-order valence-corrected chi connectivity index (χ3v) is 3.19. The number of rotatable bonds is 5. The van der Waals surface area contributed by atoms with E-state index in [1.807, 2.05) is 42.2 Å². The van der Waals surface area contributed by atoms with Crippen LogP contribution in [0, 0.1) is 0 Å². The molecule has 1 aromatic carbocycles. The topological polar surface area (TPSA) is 49.2 Å². The summed E-state index contributed by atoms with van der Waals surface area (Å²) in [6.45, 7) is 6.77. The Morgan fingerprint density at radius 1 is 1.19 bits per heavy atom. The molecule has 1 aromatic heterocycles. The molecule has 21 heavy (non-hydrogen) atoms. The Hall–Kier alpha value is -1.65. The molecule has 0 saturated carbocycles. The van der Waals surface area contributed by atoms with Crippen LogP contribution in [0.4, 0.5) is 5.82 Å². The van der Waals surface area contributed by atoms with Gasteiger partial charge in [-0.15, -0.1) is 0 Å². The maximum Gasteiger partial charge on any atom is 0.163 e. The largest absolute Gasteiger partial charge is 0.389 e. The van der Waals surface area contributed by atoms with Crippen molar-refractivity contribution in [2.75, 3.05) is 18.0 Å². The molecular weight excluding hydrogens is 286 g/mol. The molecule has 0 saturated heterocycles. The number of halogens is 1. The average Bonchev–Trinajstić information content (AvgIpc) is 2.44. The molecule has 0 bridgehead atoms. The fourth-order valence-electron chi connectivity index (χ4n) is 2.11. The highest BCUT2D eigenvalue weighted by atomic mass is 35.5. The highest BCUT2D eigenvalue weighted by Gasteiger charge is 2.19. The van der Waals surface area contributed by atoms with E-state index in [1.54, 1.807) is 19.9 Å². The molecule has 4 nitrogen and oxygen atoms in total. The van der Waals surface area contributed by atoms with Crippen molar-refractivity contribution in [3.05, 3.63) is 41.6 Å². The molecule has 2 aromatic rings.